The van der Waals surface area contributed by atoms with Gasteiger partial charge in [-0.1, -0.05) is 60.7 Å². The Bertz CT molecular complexity index is 513. The van der Waals surface area contributed by atoms with Crippen LogP contribution in [0.5, 0.6) is 0 Å². The molecule has 0 spiro atoms. The lowest BCUT2D eigenvalue weighted by molar-refractivity contribution is 0.0328. The van der Waals surface area contributed by atoms with Crippen molar-refractivity contribution < 1.29 is 0 Å². The minimum Gasteiger partial charge on any atom is -0.294 e. The number of rotatable bonds is 4. The number of nitrogens with zero attached hydrogens (tertiary/aromatic N) is 2. The minimum atomic E-state index is 0.597. The molecule has 0 bridgehead atoms. The monoisotopic (exact) mass is 294 g/mol. The molecule has 1 heterocycles. The van der Waals surface area contributed by atoms with Crippen molar-refractivity contribution in [3.05, 3.63) is 71.8 Å². The molecule has 0 aliphatic carbocycles. The Morgan fingerprint density at radius 1 is 0.682 bits per heavy atom. The lowest BCUT2D eigenvalue weighted by atomic mass is 10.1. The predicted molar refractivity (Wildman–Crippen MR) is 92.6 cm³/mol. The smallest absolute Gasteiger partial charge is 0.0237 e. The summed E-state index contributed by atoms with van der Waals surface area (Å²) in [5.41, 5.74) is 2.83. The Hall–Kier alpha value is -1.64. The maximum absolute atomic E-state index is 2.61. The van der Waals surface area contributed by atoms with E-state index in [9.17, 15) is 0 Å². The molecule has 2 nitrogen and oxygen atoms in total. The summed E-state index contributed by atoms with van der Waals surface area (Å²) >= 11 is 0. The molecule has 1 fully saturated rings. The highest BCUT2D eigenvalue weighted by molar-refractivity contribution is 5.16. The van der Waals surface area contributed by atoms with Gasteiger partial charge in [-0.25, -0.2) is 0 Å². The van der Waals surface area contributed by atoms with Crippen molar-refractivity contribution >= 4 is 0 Å². The largest absolute Gasteiger partial charge is 0.294 e. The molecule has 0 amide bonds. The van der Waals surface area contributed by atoms with Crippen LogP contribution in [0.3, 0.4) is 0 Å². The van der Waals surface area contributed by atoms with Crippen molar-refractivity contribution in [2.24, 2.45) is 0 Å². The third-order valence-electron chi connectivity index (χ3n) is 4.70. The molecule has 2 aromatic rings. The van der Waals surface area contributed by atoms with E-state index in [2.05, 4.69) is 84.3 Å². The predicted octanol–water partition coefficient (Wildman–Crippen LogP) is 3.78. The zero-order chi connectivity index (χ0) is 15.4. The summed E-state index contributed by atoms with van der Waals surface area (Å²) in [7, 11) is 0. The summed E-state index contributed by atoms with van der Waals surface area (Å²) in [6.07, 6.45) is 0. The highest BCUT2D eigenvalue weighted by Gasteiger charge is 2.28. The number of hydrogen-bond acceptors (Lipinski definition) is 2. The molecule has 0 aromatic heterocycles. The topological polar surface area (TPSA) is 6.48 Å². The van der Waals surface area contributed by atoms with Crippen molar-refractivity contribution in [2.75, 3.05) is 13.1 Å². The highest BCUT2D eigenvalue weighted by atomic mass is 15.3. The Morgan fingerprint density at radius 3 is 1.41 bits per heavy atom. The van der Waals surface area contributed by atoms with E-state index < -0.39 is 0 Å². The van der Waals surface area contributed by atoms with Crippen LogP contribution in [0, 0.1) is 0 Å². The lowest BCUT2D eigenvalue weighted by Crippen LogP contribution is -2.55. The fourth-order valence-corrected chi connectivity index (χ4v) is 3.35. The van der Waals surface area contributed by atoms with Crippen molar-refractivity contribution in [3.63, 3.8) is 0 Å². The molecule has 3 rings (SSSR count). The van der Waals surface area contributed by atoms with Gasteiger partial charge in [-0.15, -0.1) is 0 Å². The van der Waals surface area contributed by atoms with Gasteiger partial charge < -0.3 is 0 Å². The molecule has 0 saturated carbocycles. The summed E-state index contributed by atoms with van der Waals surface area (Å²) in [5.74, 6) is 0. The fraction of sp³-hybridized carbons (Fsp3) is 0.400. The van der Waals surface area contributed by atoms with E-state index in [1.165, 1.54) is 11.1 Å². The summed E-state index contributed by atoms with van der Waals surface area (Å²) in [4.78, 5) is 5.23. The maximum Gasteiger partial charge on any atom is 0.0237 e. The van der Waals surface area contributed by atoms with Crippen LogP contribution in [-0.4, -0.2) is 35.0 Å². The van der Waals surface area contributed by atoms with Gasteiger partial charge in [0.15, 0.2) is 0 Å². The van der Waals surface area contributed by atoms with Gasteiger partial charge in [0.1, 0.15) is 0 Å². The molecule has 2 unspecified atom stereocenters. The van der Waals surface area contributed by atoms with Crippen molar-refractivity contribution in [1.29, 1.82) is 0 Å². The second kappa shape index (κ2) is 7.08. The van der Waals surface area contributed by atoms with Gasteiger partial charge in [0.2, 0.25) is 0 Å². The first-order valence-corrected chi connectivity index (χ1v) is 8.28. The van der Waals surface area contributed by atoms with Crippen LogP contribution in [0.2, 0.25) is 0 Å². The van der Waals surface area contributed by atoms with Crippen LogP contribution < -0.4 is 0 Å². The second-order valence-corrected chi connectivity index (χ2v) is 6.53. The fourth-order valence-electron chi connectivity index (χ4n) is 3.35. The van der Waals surface area contributed by atoms with Gasteiger partial charge in [-0.2, -0.15) is 0 Å². The van der Waals surface area contributed by atoms with Crippen LogP contribution in [0.25, 0.3) is 0 Å². The molecule has 116 valence electrons. The van der Waals surface area contributed by atoms with E-state index >= 15 is 0 Å². The molecule has 1 aliphatic rings. The van der Waals surface area contributed by atoms with Gasteiger partial charge in [0, 0.05) is 38.3 Å². The summed E-state index contributed by atoms with van der Waals surface area (Å²) in [6.45, 7) is 9.11. The van der Waals surface area contributed by atoms with Crippen molar-refractivity contribution in [2.45, 2.75) is 39.0 Å². The maximum atomic E-state index is 2.61. The Kier molecular flexibility index (Phi) is 4.91. The zero-order valence-corrected chi connectivity index (χ0v) is 13.7. The molecule has 0 radical (unpaired) electrons. The van der Waals surface area contributed by atoms with Gasteiger partial charge in [0.05, 0.1) is 0 Å². The van der Waals surface area contributed by atoms with Crippen molar-refractivity contribution in [3.8, 4) is 0 Å². The molecule has 2 atom stereocenters. The lowest BCUT2D eigenvalue weighted by Gasteiger charge is -2.44. The SMILES string of the molecule is CC1CN(Cc2ccccc2)C(C)CN1Cc1ccccc1. The third kappa shape index (κ3) is 3.76. The average Bonchev–Trinajstić information content (AvgIpc) is 2.54. The summed E-state index contributed by atoms with van der Waals surface area (Å²) in [5, 5.41) is 0. The van der Waals surface area contributed by atoms with Crippen LogP contribution >= 0.6 is 0 Å². The first-order chi connectivity index (χ1) is 10.7. The molecule has 1 aliphatic heterocycles. The molecular formula is C20H26N2. The van der Waals surface area contributed by atoms with Crippen molar-refractivity contribution in [1.82, 2.24) is 9.80 Å². The Balaban J connectivity index is 1.61. The summed E-state index contributed by atoms with van der Waals surface area (Å²) in [6, 6.07) is 22.8. The molecule has 2 heteroatoms. The van der Waals surface area contributed by atoms with E-state index in [1.807, 2.05) is 0 Å². The van der Waals surface area contributed by atoms with E-state index in [1.54, 1.807) is 0 Å². The van der Waals surface area contributed by atoms with Crippen LogP contribution in [-0.2, 0) is 13.1 Å². The first-order valence-electron chi connectivity index (χ1n) is 8.28. The van der Waals surface area contributed by atoms with Crippen LogP contribution in [0.4, 0.5) is 0 Å². The van der Waals surface area contributed by atoms with Crippen LogP contribution in [0.1, 0.15) is 25.0 Å². The van der Waals surface area contributed by atoms with E-state index in [4.69, 9.17) is 0 Å². The first kappa shape index (κ1) is 15.3. The van der Waals surface area contributed by atoms with Crippen LogP contribution in [0.15, 0.2) is 60.7 Å². The van der Waals surface area contributed by atoms with Gasteiger partial charge in [-0.05, 0) is 25.0 Å². The zero-order valence-electron chi connectivity index (χ0n) is 13.7. The van der Waals surface area contributed by atoms with Gasteiger partial charge >= 0.3 is 0 Å². The molecule has 1 saturated heterocycles. The van der Waals surface area contributed by atoms with E-state index in [-0.39, 0.29) is 0 Å². The minimum absolute atomic E-state index is 0.597. The third-order valence-corrected chi connectivity index (χ3v) is 4.70. The highest BCUT2D eigenvalue weighted by Crippen LogP contribution is 2.20. The van der Waals surface area contributed by atoms with E-state index in [0.717, 1.165) is 26.2 Å². The Labute approximate surface area is 134 Å². The number of hydrogen-bond donors (Lipinski definition) is 0. The normalized spacial score (nSPS) is 23.5. The molecule has 2 aromatic carbocycles. The molecular weight excluding hydrogens is 268 g/mol. The number of piperazine rings is 1. The van der Waals surface area contributed by atoms with Gasteiger partial charge in [0.25, 0.3) is 0 Å². The standard InChI is InChI=1S/C20H26N2/c1-17-13-22(16-20-11-7-4-8-12-20)18(2)14-21(17)15-19-9-5-3-6-10-19/h3-12,17-18H,13-16H2,1-2H3. The second-order valence-electron chi connectivity index (χ2n) is 6.53. The van der Waals surface area contributed by atoms with Gasteiger partial charge in [-0.3, -0.25) is 9.80 Å². The molecule has 22 heavy (non-hydrogen) atoms. The van der Waals surface area contributed by atoms with E-state index in [0.29, 0.717) is 12.1 Å². The molecule has 0 N–H and O–H groups in total. The average molecular weight is 294 g/mol. The Morgan fingerprint density at radius 2 is 1.05 bits per heavy atom. The summed E-state index contributed by atoms with van der Waals surface area (Å²) < 4.78 is 0. The quantitative estimate of drug-likeness (QED) is 0.846. The number of benzene rings is 2.